The van der Waals surface area contributed by atoms with Crippen LogP contribution in [0.25, 0.3) is 0 Å². The van der Waals surface area contributed by atoms with Gasteiger partial charge < -0.3 is 14.8 Å². The molecule has 0 saturated carbocycles. The Hall–Kier alpha value is -2.07. The van der Waals surface area contributed by atoms with Crippen molar-refractivity contribution in [1.82, 2.24) is 5.32 Å². The molecule has 0 aliphatic heterocycles. The third kappa shape index (κ3) is 3.27. The minimum absolute atomic E-state index is 0.279. The second-order valence-electron chi connectivity index (χ2n) is 4.25. The fourth-order valence-electron chi connectivity index (χ4n) is 1.88. The monoisotopic (exact) mass is 275 g/mol. The zero-order valence-corrected chi connectivity index (χ0v) is 11.7. The highest BCUT2D eigenvalue weighted by atomic mass is 19.1. The molecule has 2 aromatic carbocycles. The fourth-order valence-corrected chi connectivity index (χ4v) is 1.88. The summed E-state index contributed by atoms with van der Waals surface area (Å²) in [5, 5.41) is 3.11. The third-order valence-corrected chi connectivity index (χ3v) is 2.92. The van der Waals surface area contributed by atoms with E-state index in [1.165, 1.54) is 6.07 Å². The molecule has 0 fully saturated rings. The van der Waals surface area contributed by atoms with Gasteiger partial charge in [0.05, 0.1) is 7.11 Å². The van der Waals surface area contributed by atoms with Crippen LogP contribution in [0.5, 0.6) is 17.2 Å². The maximum Gasteiger partial charge on any atom is 0.169 e. The average Bonchev–Trinajstić information content (AvgIpc) is 2.47. The van der Waals surface area contributed by atoms with Crippen molar-refractivity contribution in [2.24, 2.45) is 0 Å². The lowest BCUT2D eigenvalue weighted by atomic mass is 10.2. The van der Waals surface area contributed by atoms with Gasteiger partial charge in [0.2, 0.25) is 0 Å². The maximum absolute atomic E-state index is 13.9. The highest BCUT2D eigenvalue weighted by Crippen LogP contribution is 2.33. The van der Waals surface area contributed by atoms with Gasteiger partial charge in [-0.05, 0) is 30.8 Å². The summed E-state index contributed by atoms with van der Waals surface area (Å²) in [7, 11) is 1.58. The van der Waals surface area contributed by atoms with E-state index in [1.54, 1.807) is 31.4 Å². The van der Waals surface area contributed by atoms with Crippen molar-refractivity contribution < 1.29 is 13.9 Å². The first-order chi connectivity index (χ1) is 9.76. The van der Waals surface area contributed by atoms with Gasteiger partial charge in [-0.3, -0.25) is 0 Å². The Balaban J connectivity index is 2.30. The number of hydrogen-bond donors (Lipinski definition) is 1. The van der Waals surface area contributed by atoms with E-state index in [1.807, 2.05) is 19.1 Å². The highest BCUT2D eigenvalue weighted by molar-refractivity contribution is 5.45. The molecule has 106 valence electrons. The molecule has 0 atom stereocenters. The number of benzene rings is 2. The number of para-hydroxylation sites is 2. The normalized spacial score (nSPS) is 10.3. The van der Waals surface area contributed by atoms with E-state index in [2.05, 4.69) is 5.32 Å². The highest BCUT2D eigenvalue weighted by Gasteiger charge is 2.12. The molecule has 3 nitrogen and oxygen atoms in total. The van der Waals surface area contributed by atoms with Gasteiger partial charge in [0.15, 0.2) is 11.5 Å². The Bertz CT molecular complexity index is 572. The Kier molecular flexibility index (Phi) is 4.96. The van der Waals surface area contributed by atoms with Crippen LogP contribution in [0.4, 0.5) is 4.39 Å². The van der Waals surface area contributed by atoms with Crippen LogP contribution >= 0.6 is 0 Å². The average molecular weight is 275 g/mol. The van der Waals surface area contributed by atoms with Gasteiger partial charge >= 0.3 is 0 Å². The van der Waals surface area contributed by atoms with E-state index < -0.39 is 0 Å². The zero-order valence-electron chi connectivity index (χ0n) is 11.7. The number of methoxy groups -OCH3 is 1. The van der Waals surface area contributed by atoms with Gasteiger partial charge in [-0.25, -0.2) is 4.39 Å². The summed E-state index contributed by atoms with van der Waals surface area (Å²) in [5.74, 6) is 1.40. The van der Waals surface area contributed by atoms with Crippen LogP contribution in [-0.2, 0) is 6.54 Å². The van der Waals surface area contributed by atoms with Crippen molar-refractivity contribution in [3.8, 4) is 17.2 Å². The number of halogens is 1. The van der Waals surface area contributed by atoms with Gasteiger partial charge in [0.1, 0.15) is 11.6 Å². The van der Waals surface area contributed by atoms with Crippen molar-refractivity contribution in [3.05, 3.63) is 53.8 Å². The molecule has 0 radical (unpaired) electrons. The topological polar surface area (TPSA) is 30.5 Å². The first-order valence-electron chi connectivity index (χ1n) is 6.55. The first-order valence-corrected chi connectivity index (χ1v) is 6.55. The van der Waals surface area contributed by atoms with Crippen molar-refractivity contribution in [1.29, 1.82) is 0 Å². The minimum Gasteiger partial charge on any atom is -0.493 e. The lowest BCUT2D eigenvalue weighted by Gasteiger charge is -2.14. The summed E-state index contributed by atoms with van der Waals surface area (Å²) in [6.07, 6.45) is 0. The van der Waals surface area contributed by atoms with Gasteiger partial charge in [-0.2, -0.15) is 0 Å². The number of rotatable bonds is 6. The second kappa shape index (κ2) is 6.91. The van der Waals surface area contributed by atoms with Gasteiger partial charge in [0.25, 0.3) is 0 Å². The molecule has 0 aliphatic rings. The first kappa shape index (κ1) is 14.3. The van der Waals surface area contributed by atoms with Crippen LogP contribution in [0.15, 0.2) is 42.5 Å². The molecule has 0 bridgehead atoms. The second-order valence-corrected chi connectivity index (χ2v) is 4.25. The van der Waals surface area contributed by atoms with Crippen molar-refractivity contribution in [2.45, 2.75) is 13.5 Å². The Morgan fingerprint density at radius 2 is 1.70 bits per heavy atom. The predicted molar refractivity (Wildman–Crippen MR) is 76.8 cm³/mol. The fraction of sp³-hybridized carbons (Fsp3) is 0.250. The van der Waals surface area contributed by atoms with E-state index in [4.69, 9.17) is 9.47 Å². The lowest BCUT2D eigenvalue weighted by molar-refractivity contribution is 0.376. The molecule has 0 saturated heterocycles. The van der Waals surface area contributed by atoms with E-state index >= 15 is 0 Å². The molecule has 0 heterocycles. The summed E-state index contributed by atoms with van der Waals surface area (Å²) >= 11 is 0. The number of hydrogen-bond acceptors (Lipinski definition) is 3. The van der Waals surface area contributed by atoms with Crippen LogP contribution in [-0.4, -0.2) is 13.7 Å². The molecule has 0 spiro atoms. The number of nitrogens with one attached hydrogen (secondary N) is 1. The number of ether oxygens (including phenoxy) is 2. The summed E-state index contributed by atoms with van der Waals surface area (Å²) < 4.78 is 24.9. The Morgan fingerprint density at radius 3 is 2.40 bits per heavy atom. The van der Waals surface area contributed by atoms with Crippen molar-refractivity contribution >= 4 is 0 Å². The Labute approximate surface area is 118 Å². The van der Waals surface area contributed by atoms with Crippen molar-refractivity contribution in [3.63, 3.8) is 0 Å². The molecule has 0 amide bonds. The molecule has 2 aromatic rings. The molecule has 0 unspecified atom stereocenters. The SMILES string of the molecule is CCNCc1c(F)cccc1Oc1ccccc1OC. The quantitative estimate of drug-likeness (QED) is 0.871. The molecule has 2 rings (SSSR count). The summed E-state index contributed by atoms with van der Waals surface area (Å²) in [6.45, 7) is 3.16. The predicted octanol–water partition coefficient (Wildman–Crippen LogP) is 3.74. The molecular formula is C16H18FNO2. The van der Waals surface area contributed by atoms with Crippen molar-refractivity contribution in [2.75, 3.05) is 13.7 Å². The molecule has 4 heteroatoms. The lowest BCUT2D eigenvalue weighted by Crippen LogP contribution is -2.13. The van der Waals surface area contributed by atoms with Crippen LogP contribution in [0.2, 0.25) is 0 Å². The van der Waals surface area contributed by atoms with Gasteiger partial charge in [0, 0.05) is 12.1 Å². The van der Waals surface area contributed by atoms with Crippen LogP contribution < -0.4 is 14.8 Å². The van der Waals surface area contributed by atoms with Crippen LogP contribution in [0.3, 0.4) is 0 Å². The molecule has 0 aromatic heterocycles. The Morgan fingerprint density at radius 1 is 1.00 bits per heavy atom. The molecule has 1 N–H and O–H groups in total. The largest absolute Gasteiger partial charge is 0.493 e. The smallest absolute Gasteiger partial charge is 0.169 e. The van der Waals surface area contributed by atoms with E-state index in [0.717, 1.165) is 6.54 Å². The van der Waals surface area contributed by atoms with E-state index in [9.17, 15) is 4.39 Å². The van der Waals surface area contributed by atoms with Gasteiger partial charge in [-0.15, -0.1) is 0 Å². The zero-order chi connectivity index (χ0) is 14.4. The molecule has 20 heavy (non-hydrogen) atoms. The maximum atomic E-state index is 13.9. The van der Waals surface area contributed by atoms with E-state index in [0.29, 0.717) is 29.4 Å². The van der Waals surface area contributed by atoms with Gasteiger partial charge in [-0.1, -0.05) is 25.1 Å². The van der Waals surface area contributed by atoms with Crippen LogP contribution in [0.1, 0.15) is 12.5 Å². The summed E-state index contributed by atoms with van der Waals surface area (Å²) in [4.78, 5) is 0. The van der Waals surface area contributed by atoms with E-state index in [-0.39, 0.29) is 5.82 Å². The standard InChI is InChI=1S/C16H18FNO2/c1-3-18-11-12-13(17)7-6-10-14(12)20-16-9-5-4-8-15(16)19-2/h4-10,18H,3,11H2,1-2H3. The summed E-state index contributed by atoms with van der Waals surface area (Å²) in [5.41, 5.74) is 0.514. The third-order valence-electron chi connectivity index (χ3n) is 2.92. The molecular weight excluding hydrogens is 257 g/mol. The minimum atomic E-state index is -0.279. The summed E-state index contributed by atoms with van der Waals surface area (Å²) in [6, 6.07) is 12.1. The molecule has 0 aliphatic carbocycles. The van der Waals surface area contributed by atoms with Crippen LogP contribution in [0, 0.1) is 5.82 Å².